The molecule has 19 heavy (non-hydrogen) atoms. The maximum absolute atomic E-state index is 11.2. The Morgan fingerprint density at radius 3 is 2.42 bits per heavy atom. The predicted octanol–water partition coefficient (Wildman–Crippen LogP) is 4.92. The third kappa shape index (κ3) is 2.16. The van der Waals surface area contributed by atoms with Crippen LogP contribution < -0.4 is 0 Å². The van der Waals surface area contributed by atoms with Crippen molar-refractivity contribution < 1.29 is 4.79 Å². The third-order valence-electron chi connectivity index (χ3n) is 3.24. The largest absolute Gasteiger partial charge is 0.298 e. The molecule has 0 unspecified atom stereocenters. The molecule has 0 fully saturated rings. The maximum Gasteiger partial charge on any atom is 0.150 e. The number of carbonyl (C=O) groups excluding carboxylic acids is 1. The Hall–Kier alpha value is -1.68. The van der Waals surface area contributed by atoms with Gasteiger partial charge in [-0.2, -0.15) is 0 Å². The molecule has 0 radical (unpaired) electrons. The Morgan fingerprint density at radius 1 is 0.842 bits per heavy atom. The predicted molar refractivity (Wildman–Crippen MR) is 87.5 cm³/mol. The smallest absolute Gasteiger partial charge is 0.150 e. The van der Waals surface area contributed by atoms with Crippen molar-refractivity contribution in [1.29, 1.82) is 0 Å². The molecule has 0 aliphatic heterocycles. The average molecular weight is 358 g/mol. The van der Waals surface area contributed by atoms with E-state index in [0.29, 0.717) is 0 Å². The maximum atomic E-state index is 11.2. The van der Waals surface area contributed by atoms with Crippen molar-refractivity contribution in [3.63, 3.8) is 0 Å². The van der Waals surface area contributed by atoms with E-state index >= 15 is 0 Å². The lowest BCUT2D eigenvalue weighted by Crippen LogP contribution is -1.91. The molecule has 0 amide bonds. The Balaban J connectivity index is 2.42. The van der Waals surface area contributed by atoms with E-state index < -0.39 is 0 Å². The summed E-state index contributed by atoms with van der Waals surface area (Å²) in [5.41, 5.74) is 2.87. The quantitative estimate of drug-likeness (QED) is 0.469. The van der Waals surface area contributed by atoms with Crippen molar-refractivity contribution in [1.82, 2.24) is 0 Å². The van der Waals surface area contributed by atoms with Gasteiger partial charge in [-0.15, -0.1) is 0 Å². The number of hydrogen-bond acceptors (Lipinski definition) is 1. The number of benzene rings is 3. The molecule has 0 heterocycles. The number of hydrogen-bond donors (Lipinski definition) is 0. The summed E-state index contributed by atoms with van der Waals surface area (Å²) < 4.78 is 1.16. The summed E-state index contributed by atoms with van der Waals surface area (Å²) in [4.78, 5) is 11.2. The van der Waals surface area contributed by atoms with E-state index in [1.165, 1.54) is 10.8 Å². The first-order valence-corrected chi connectivity index (χ1v) is 7.11. The minimum absolute atomic E-state index is 0.733. The van der Waals surface area contributed by atoms with Gasteiger partial charge in [-0.1, -0.05) is 54.6 Å². The van der Waals surface area contributed by atoms with Crippen molar-refractivity contribution in [3.8, 4) is 11.1 Å². The van der Waals surface area contributed by atoms with Gasteiger partial charge in [0.2, 0.25) is 0 Å². The molecule has 0 atom stereocenters. The highest BCUT2D eigenvalue weighted by molar-refractivity contribution is 14.1. The first kappa shape index (κ1) is 12.4. The fourth-order valence-corrected chi connectivity index (χ4v) is 3.11. The van der Waals surface area contributed by atoms with E-state index in [9.17, 15) is 4.79 Å². The zero-order chi connectivity index (χ0) is 13.2. The van der Waals surface area contributed by atoms with Crippen LogP contribution in [0.1, 0.15) is 10.4 Å². The van der Waals surface area contributed by atoms with Crippen LogP contribution >= 0.6 is 22.6 Å². The SMILES string of the molecule is O=Cc1ccccc1-c1c(I)ccc2ccccc12. The second-order valence-electron chi connectivity index (χ2n) is 4.35. The van der Waals surface area contributed by atoms with Crippen molar-refractivity contribution in [2.24, 2.45) is 0 Å². The highest BCUT2D eigenvalue weighted by Gasteiger charge is 2.11. The van der Waals surface area contributed by atoms with Crippen LogP contribution in [0.3, 0.4) is 0 Å². The Morgan fingerprint density at radius 2 is 1.58 bits per heavy atom. The number of halogens is 1. The molecule has 0 aromatic heterocycles. The van der Waals surface area contributed by atoms with Crippen LogP contribution in [0.15, 0.2) is 60.7 Å². The Labute approximate surface area is 125 Å². The topological polar surface area (TPSA) is 17.1 Å². The molecule has 3 aromatic carbocycles. The molecule has 0 bridgehead atoms. The van der Waals surface area contributed by atoms with Gasteiger partial charge in [0.25, 0.3) is 0 Å². The second kappa shape index (κ2) is 5.13. The standard InChI is InChI=1S/C17H11IO/c18-16-10-9-12-5-1-3-7-14(12)17(16)15-8-4-2-6-13(15)11-19/h1-11H. The molecule has 0 aliphatic rings. The molecule has 1 nitrogen and oxygen atoms in total. The van der Waals surface area contributed by atoms with Crippen LogP contribution in [0.5, 0.6) is 0 Å². The number of aldehydes is 1. The van der Waals surface area contributed by atoms with Gasteiger partial charge in [0.05, 0.1) is 0 Å². The lowest BCUT2D eigenvalue weighted by Gasteiger charge is -2.11. The molecule has 0 N–H and O–H groups in total. The number of carbonyl (C=O) groups is 1. The van der Waals surface area contributed by atoms with E-state index in [2.05, 4.69) is 46.9 Å². The van der Waals surface area contributed by atoms with Crippen LogP contribution in [-0.4, -0.2) is 6.29 Å². The summed E-state index contributed by atoms with van der Waals surface area (Å²) in [7, 11) is 0. The molecule has 0 aliphatic carbocycles. The van der Waals surface area contributed by atoms with E-state index in [1.54, 1.807) is 0 Å². The van der Waals surface area contributed by atoms with Crippen molar-refractivity contribution >= 4 is 39.6 Å². The molecular weight excluding hydrogens is 347 g/mol. The first-order chi connectivity index (χ1) is 9.31. The number of rotatable bonds is 2. The summed E-state index contributed by atoms with van der Waals surface area (Å²) >= 11 is 2.33. The Kier molecular flexibility index (Phi) is 3.34. The first-order valence-electron chi connectivity index (χ1n) is 6.03. The highest BCUT2D eigenvalue weighted by Crippen LogP contribution is 2.34. The average Bonchev–Trinajstić information content (AvgIpc) is 2.47. The second-order valence-corrected chi connectivity index (χ2v) is 5.51. The van der Waals surface area contributed by atoms with Crippen LogP contribution in [0.25, 0.3) is 21.9 Å². The zero-order valence-corrected chi connectivity index (χ0v) is 12.3. The lowest BCUT2D eigenvalue weighted by molar-refractivity contribution is 0.112. The molecular formula is C17H11IO. The van der Waals surface area contributed by atoms with Gasteiger partial charge in [0, 0.05) is 14.7 Å². The monoisotopic (exact) mass is 358 g/mol. The van der Waals surface area contributed by atoms with E-state index in [-0.39, 0.29) is 0 Å². The van der Waals surface area contributed by atoms with E-state index in [1.807, 2.05) is 36.4 Å². The van der Waals surface area contributed by atoms with Gasteiger partial charge in [0.1, 0.15) is 0 Å². The third-order valence-corrected chi connectivity index (χ3v) is 4.13. The van der Waals surface area contributed by atoms with Crippen molar-refractivity contribution in [2.45, 2.75) is 0 Å². The fourth-order valence-electron chi connectivity index (χ4n) is 2.35. The molecule has 0 spiro atoms. The summed E-state index contributed by atoms with van der Waals surface area (Å²) in [5.74, 6) is 0. The van der Waals surface area contributed by atoms with Crippen molar-refractivity contribution in [3.05, 3.63) is 69.8 Å². The van der Waals surface area contributed by atoms with E-state index in [4.69, 9.17) is 0 Å². The summed E-state index contributed by atoms with van der Waals surface area (Å²) in [6, 6.07) is 20.2. The summed E-state index contributed by atoms with van der Waals surface area (Å²) in [5, 5.41) is 2.38. The van der Waals surface area contributed by atoms with Crippen LogP contribution in [0, 0.1) is 3.57 Å². The minimum atomic E-state index is 0.733. The highest BCUT2D eigenvalue weighted by atomic mass is 127. The summed E-state index contributed by atoms with van der Waals surface area (Å²) in [6.45, 7) is 0. The molecule has 3 aromatic rings. The van der Waals surface area contributed by atoms with Gasteiger partial charge in [0.15, 0.2) is 6.29 Å². The molecule has 92 valence electrons. The lowest BCUT2D eigenvalue weighted by atomic mass is 9.95. The van der Waals surface area contributed by atoms with Gasteiger partial charge in [-0.3, -0.25) is 4.79 Å². The molecule has 3 rings (SSSR count). The van der Waals surface area contributed by atoms with Gasteiger partial charge < -0.3 is 0 Å². The summed E-state index contributed by atoms with van der Waals surface area (Å²) in [6.07, 6.45) is 0.924. The molecule has 0 saturated carbocycles. The van der Waals surface area contributed by atoms with Crippen LogP contribution in [0.2, 0.25) is 0 Å². The Bertz CT molecular complexity index is 762. The normalized spacial score (nSPS) is 10.6. The van der Waals surface area contributed by atoms with Crippen molar-refractivity contribution in [2.75, 3.05) is 0 Å². The van der Waals surface area contributed by atoms with Gasteiger partial charge >= 0.3 is 0 Å². The molecule has 2 heteroatoms. The number of fused-ring (bicyclic) bond motifs is 1. The van der Waals surface area contributed by atoms with E-state index in [0.717, 1.165) is 26.5 Å². The van der Waals surface area contributed by atoms with Crippen LogP contribution in [-0.2, 0) is 0 Å². The minimum Gasteiger partial charge on any atom is -0.298 e. The zero-order valence-electron chi connectivity index (χ0n) is 10.1. The van der Waals surface area contributed by atoms with Crippen LogP contribution in [0.4, 0.5) is 0 Å². The molecule has 0 saturated heterocycles. The fraction of sp³-hybridized carbons (Fsp3) is 0. The van der Waals surface area contributed by atoms with Gasteiger partial charge in [-0.05, 0) is 45.0 Å². The van der Waals surface area contributed by atoms with Gasteiger partial charge in [-0.25, -0.2) is 0 Å².